The van der Waals surface area contributed by atoms with E-state index in [0.29, 0.717) is 17.1 Å². The molecular weight excluding hydrogens is 378 g/mol. The van der Waals surface area contributed by atoms with Crippen LogP contribution in [0.2, 0.25) is 5.02 Å². The van der Waals surface area contributed by atoms with E-state index in [4.69, 9.17) is 11.6 Å². The third-order valence-corrected chi connectivity index (χ3v) is 5.86. The highest BCUT2D eigenvalue weighted by Gasteiger charge is 2.53. The van der Waals surface area contributed by atoms with E-state index < -0.39 is 23.5 Å². The number of hydrogen-bond donors (Lipinski definition) is 1. The first kappa shape index (κ1) is 18.5. The highest BCUT2D eigenvalue weighted by molar-refractivity contribution is 6.32. The zero-order valence-corrected chi connectivity index (χ0v) is 16.4. The zero-order valence-electron chi connectivity index (χ0n) is 15.6. The number of urea groups is 1. The fraction of sp³-hybridized carbons (Fsp3) is 0.286. The second-order valence-corrected chi connectivity index (χ2v) is 7.66. The average Bonchev–Trinajstić information content (AvgIpc) is 3.20. The maximum Gasteiger partial charge on any atom is 0.326 e. The fourth-order valence-electron chi connectivity index (χ4n) is 3.96. The van der Waals surface area contributed by atoms with Gasteiger partial charge in [0, 0.05) is 22.8 Å². The van der Waals surface area contributed by atoms with E-state index in [2.05, 4.69) is 5.32 Å². The molecule has 2 aliphatic rings. The van der Waals surface area contributed by atoms with Gasteiger partial charge in [0.2, 0.25) is 5.91 Å². The van der Waals surface area contributed by atoms with Crippen LogP contribution in [0.3, 0.4) is 0 Å². The molecular formula is C21H20ClN3O3. The summed E-state index contributed by atoms with van der Waals surface area (Å²) in [7, 11) is 0. The smallest absolute Gasteiger partial charge is 0.319 e. The fourth-order valence-corrected chi connectivity index (χ4v) is 4.29. The van der Waals surface area contributed by atoms with Crippen molar-refractivity contribution in [2.75, 3.05) is 11.4 Å². The van der Waals surface area contributed by atoms with E-state index in [1.54, 1.807) is 43.0 Å². The van der Waals surface area contributed by atoms with Gasteiger partial charge < -0.3 is 10.2 Å². The summed E-state index contributed by atoms with van der Waals surface area (Å²) in [6.07, 6.45) is 0.756. The number of imide groups is 1. The topological polar surface area (TPSA) is 69.7 Å². The van der Waals surface area contributed by atoms with Crippen LogP contribution in [0.15, 0.2) is 48.5 Å². The molecule has 0 spiro atoms. The van der Waals surface area contributed by atoms with Crippen LogP contribution in [0.1, 0.15) is 25.0 Å². The molecule has 2 atom stereocenters. The maximum atomic E-state index is 13.2. The molecule has 0 aromatic heterocycles. The highest BCUT2D eigenvalue weighted by atomic mass is 35.5. The summed E-state index contributed by atoms with van der Waals surface area (Å²) in [5.41, 5.74) is 1.11. The van der Waals surface area contributed by atoms with Crippen molar-refractivity contribution in [3.05, 3.63) is 64.7 Å². The first-order chi connectivity index (χ1) is 13.3. The Labute approximate surface area is 168 Å². The minimum atomic E-state index is -1.31. The van der Waals surface area contributed by atoms with Crippen molar-refractivity contribution in [1.29, 1.82) is 0 Å². The van der Waals surface area contributed by atoms with Crippen molar-refractivity contribution in [3.8, 4) is 0 Å². The van der Waals surface area contributed by atoms with E-state index in [1.165, 1.54) is 0 Å². The quantitative estimate of drug-likeness (QED) is 0.809. The first-order valence-corrected chi connectivity index (χ1v) is 9.52. The van der Waals surface area contributed by atoms with Crippen LogP contribution < -0.4 is 10.2 Å². The van der Waals surface area contributed by atoms with Crippen LogP contribution in [0, 0.1) is 0 Å². The minimum absolute atomic E-state index is 0.281. The molecule has 28 heavy (non-hydrogen) atoms. The number of hydrogen-bond acceptors (Lipinski definition) is 3. The lowest BCUT2D eigenvalue weighted by molar-refractivity contribution is -0.136. The van der Waals surface area contributed by atoms with Gasteiger partial charge in [0.15, 0.2) is 0 Å². The van der Waals surface area contributed by atoms with E-state index >= 15 is 0 Å². The summed E-state index contributed by atoms with van der Waals surface area (Å²) in [5.74, 6) is -0.768. The number of fused-ring (bicyclic) bond motifs is 1. The Kier molecular flexibility index (Phi) is 4.38. The molecule has 0 saturated carbocycles. The van der Waals surface area contributed by atoms with Gasteiger partial charge in [-0.15, -0.1) is 0 Å². The number of carbonyl (C=O) groups is 3. The predicted molar refractivity (Wildman–Crippen MR) is 106 cm³/mol. The third kappa shape index (κ3) is 2.67. The number of para-hydroxylation sites is 1. The molecule has 0 bridgehead atoms. The summed E-state index contributed by atoms with van der Waals surface area (Å²) < 4.78 is 0. The number of amides is 4. The van der Waals surface area contributed by atoms with Crippen molar-refractivity contribution < 1.29 is 14.4 Å². The van der Waals surface area contributed by atoms with Gasteiger partial charge in [0.1, 0.15) is 11.6 Å². The normalized spacial score (nSPS) is 22.2. The molecule has 4 amide bonds. The monoisotopic (exact) mass is 397 g/mol. The average molecular weight is 398 g/mol. The summed E-state index contributed by atoms with van der Waals surface area (Å²) in [6.45, 7) is 3.73. The van der Waals surface area contributed by atoms with Crippen LogP contribution in [-0.2, 0) is 21.5 Å². The van der Waals surface area contributed by atoms with Crippen LogP contribution in [-0.4, -0.2) is 35.3 Å². The minimum Gasteiger partial charge on any atom is -0.319 e. The van der Waals surface area contributed by atoms with Gasteiger partial charge >= 0.3 is 6.03 Å². The molecule has 1 N–H and O–H groups in total. The lowest BCUT2D eigenvalue weighted by Crippen LogP contribution is -2.50. The Bertz CT molecular complexity index is 992. The van der Waals surface area contributed by atoms with Crippen molar-refractivity contribution >= 4 is 35.1 Å². The molecule has 2 heterocycles. The van der Waals surface area contributed by atoms with E-state index in [-0.39, 0.29) is 5.91 Å². The number of rotatable bonds is 3. The molecule has 2 aromatic carbocycles. The lowest BCUT2D eigenvalue weighted by atomic mass is 9.91. The number of nitrogens with one attached hydrogen (secondary N) is 1. The zero-order chi connectivity index (χ0) is 20.1. The standard InChI is InChI=1S/C21H20ClN3O3/c1-13(18(26)24-12-11-14-7-3-6-10-17(14)24)25-19(27)21(2,23-20(25)28)15-8-4-5-9-16(15)22/h3-10,13H,11-12H2,1-2H3,(H,23,28)/t13-,21-/m0/s1. The summed E-state index contributed by atoms with van der Waals surface area (Å²) >= 11 is 6.26. The van der Waals surface area contributed by atoms with Crippen molar-refractivity contribution in [2.24, 2.45) is 0 Å². The van der Waals surface area contributed by atoms with Crippen LogP contribution in [0.25, 0.3) is 0 Å². The third-order valence-electron chi connectivity index (χ3n) is 5.53. The van der Waals surface area contributed by atoms with Crippen LogP contribution in [0.4, 0.5) is 10.5 Å². The van der Waals surface area contributed by atoms with E-state index in [1.807, 2.05) is 24.3 Å². The number of halogens is 1. The van der Waals surface area contributed by atoms with Gasteiger partial charge in [-0.2, -0.15) is 0 Å². The summed E-state index contributed by atoms with van der Waals surface area (Å²) in [4.78, 5) is 41.7. The van der Waals surface area contributed by atoms with E-state index in [9.17, 15) is 14.4 Å². The molecule has 2 aliphatic heterocycles. The molecule has 4 rings (SSSR count). The molecule has 2 aromatic rings. The second-order valence-electron chi connectivity index (χ2n) is 7.25. The molecule has 0 radical (unpaired) electrons. The lowest BCUT2D eigenvalue weighted by Gasteiger charge is -2.28. The van der Waals surface area contributed by atoms with Crippen molar-refractivity contribution in [1.82, 2.24) is 10.2 Å². The van der Waals surface area contributed by atoms with Crippen LogP contribution in [0.5, 0.6) is 0 Å². The van der Waals surface area contributed by atoms with Crippen molar-refractivity contribution in [2.45, 2.75) is 31.8 Å². The van der Waals surface area contributed by atoms with Gasteiger partial charge in [0.05, 0.1) is 0 Å². The number of carbonyl (C=O) groups excluding carboxylic acids is 3. The summed E-state index contributed by atoms with van der Waals surface area (Å²) in [5, 5.41) is 3.10. The molecule has 7 heteroatoms. The number of anilines is 1. The van der Waals surface area contributed by atoms with Gasteiger partial charge in [0.25, 0.3) is 5.91 Å². The summed E-state index contributed by atoms with van der Waals surface area (Å²) in [6, 6.07) is 13.0. The second kappa shape index (κ2) is 6.63. The number of benzene rings is 2. The Morgan fingerprint density at radius 3 is 2.57 bits per heavy atom. The molecule has 1 fully saturated rings. The highest BCUT2D eigenvalue weighted by Crippen LogP contribution is 2.35. The Hall–Kier alpha value is -2.86. The van der Waals surface area contributed by atoms with Gasteiger partial charge in [-0.05, 0) is 38.0 Å². The molecule has 1 saturated heterocycles. The largest absolute Gasteiger partial charge is 0.326 e. The van der Waals surface area contributed by atoms with E-state index in [0.717, 1.165) is 22.6 Å². The predicted octanol–water partition coefficient (Wildman–Crippen LogP) is 3.08. The van der Waals surface area contributed by atoms with Gasteiger partial charge in [-0.1, -0.05) is 48.0 Å². The Morgan fingerprint density at radius 2 is 1.82 bits per heavy atom. The molecule has 6 nitrogen and oxygen atoms in total. The van der Waals surface area contributed by atoms with Crippen LogP contribution >= 0.6 is 11.6 Å². The van der Waals surface area contributed by atoms with Gasteiger partial charge in [-0.3, -0.25) is 9.59 Å². The SMILES string of the molecule is C[C@@H](C(=O)N1CCc2ccccc21)N1C(=O)N[C@@](C)(c2ccccc2Cl)C1=O. The molecule has 0 aliphatic carbocycles. The number of nitrogens with zero attached hydrogens (tertiary/aromatic N) is 2. The van der Waals surface area contributed by atoms with Crippen molar-refractivity contribution in [3.63, 3.8) is 0 Å². The maximum absolute atomic E-state index is 13.2. The Balaban J connectivity index is 1.63. The Morgan fingerprint density at radius 1 is 1.14 bits per heavy atom. The van der Waals surface area contributed by atoms with Gasteiger partial charge in [-0.25, -0.2) is 9.69 Å². The molecule has 0 unspecified atom stereocenters. The first-order valence-electron chi connectivity index (χ1n) is 9.14. The molecule has 144 valence electrons.